The second-order valence-electron chi connectivity index (χ2n) is 6.37. The molecule has 1 aliphatic carbocycles. The van der Waals surface area contributed by atoms with Gasteiger partial charge in [0, 0.05) is 4.88 Å². The number of aromatic hydroxyl groups is 1. The summed E-state index contributed by atoms with van der Waals surface area (Å²) < 4.78 is 0. The number of carbonyl (C=O) groups excluding carboxylic acids is 1. The molecule has 2 aliphatic rings. The van der Waals surface area contributed by atoms with Gasteiger partial charge in [0.05, 0.1) is 5.56 Å². The number of rotatable bonds is 2. The Bertz CT molecular complexity index is 751. The zero-order chi connectivity index (χ0) is 16.0. The summed E-state index contributed by atoms with van der Waals surface area (Å²) in [7, 11) is 0. The van der Waals surface area contributed by atoms with Crippen LogP contribution in [-0.4, -0.2) is 11.0 Å². The van der Waals surface area contributed by atoms with E-state index in [1.165, 1.54) is 23.3 Å². The Balaban J connectivity index is 1.66. The Labute approximate surface area is 139 Å². The van der Waals surface area contributed by atoms with Gasteiger partial charge in [-0.25, -0.2) is 0 Å². The van der Waals surface area contributed by atoms with Crippen molar-refractivity contribution in [1.82, 2.24) is 5.32 Å². The number of thiophene rings is 1. The number of hydrogen-bond donors (Lipinski definition) is 3. The third kappa shape index (κ3) is 2.49. The lowest BCUT2D eigenvalue weighted by Crippen LogP contribution is -2.38. The molecule has 1 aliphatic heterocycles. The highest BCUT2D eigenvalue weighted by Gasteiger charge is 2.33. The Morgan fingerprint density at radius 3 is 2.78 bits per heavy atom. The Kier molecular flexibility index (Phi) is 3.53. The maximum Gasteiger partial charge on any atom is 0.256 e. The fourth-order valence-corrected chi connectivity index (χ4v) is 4.94. The smallest absolute Gasteiger partial charge is 0.256 e. The van der Waals surface area contributed by atoms with Gasteiger partial charge in [-0.3, -0.25) is 4.79 Å². The van der Waals surface area contributed by atoms with E-state index in [1.54, 1.807) is 23.5 Å². The van der Waals surface area contributed by atoms with Crippen LogP contribution in [0.15, 0.2) is 24.3 Å². The molecule has 1 amide bonds. The Morgan fingerprint density at radius 1 is 1.26 bits per heavy atom. The van der Waals surface area contributed by atoms with Crippen LogP contribution in [0.2, 0.25) is 0 Å². The van der Waals surface area contributed by atoms with E-state index in [0.29, 0.717) is 0 Å². The molecule has 4 nitrogen and oxygen atoms in total. The molecule has 0 fully saturated rings. The van der Waals surface area contributed by atoms with Gasteiger partial charge in [-0.15, -0.1) is 11.3 Å². The number of benzene rings is 1. The van der Waals surface area contributed by atoms with Crippen LogP contribution < -0.4 is 10.6 Å². The van der Waals surface area contributed by atoms with Gasteiger partial charge in [0.2, 0.25) is 0 Å². The Morgan fingerprint density at radius 2 is 2.04 bits per heavy atom. The topological polar surface area (TPSA) is 61.4 Å². The maximum atomic E-state index is 12.6. The SMILES string of the molecule is CC[C@@H]1CCc2c(sc3c2C(=O)N[C@@H](c2ccc(O)cc2)N3)C1. The van der Waals surface area contributed by atoms with Gasteiger partial charge in [0.25, 0.3) is 5.91 Å². The standard InChI is InChI=1S/C18H20N2O2S/c1-2-10-3-8-13-14(9-10)23-18-15(13)17(22)19-16(20-18)11-4-6-12(21)7-5-11/h4-7,10,16,20-21H,2-3,8-9H2,1H3,(H,19,22)/t10-,16-/m1/s1. The molecule has 5 heteroatoms. The summed E-state index contributed by atoms with van der Waals surface area (Å²) in [5.41, 5.74) is 3.05. The van der Waals surface area contributed by atoms with E-state index in [4.69, 9.17) is 0 Å². The lowest BCUT2D eigenvalue weighted by Gasteiger charge is -2.27. The Hall–Kier alpha value is -2.01. The molecule has 1 aromatic heterocycles. The largest absolute Gasteiger partial charge is 0.508 e. The molecule has 23 heavy (non-hydrogen) atoms. The number of phenolic OH excluding ortho intramolecular Hbond substituents is 1. The second kappa shape index (κ2) is 5.57. The third-order valence-electron chi connectivity index (χ3n) is 4.95. The molecular formula is C18H20N2O2S. The normalized spacial score (nSPS) is 22.7. The average Bonchev–Trinajstić information content (AvgIpc) is 2.93. The van der Waals surface area contributed by atoms with Crippen LogP contribution in [0.1, 0.15) is 52.3 Å². The molecule has 1 aromatic carbocycles. The predicted molar refractivity (Wildman–Crippen MR) is 92.1 cm³/mol. The highest BCUT2D eigenvalue weighted by Crippen LogP contribution is 2.43. The number of carbonyl (C=O) groups is 1. The van der Waals surface area contributed by atoms with Crippen molar-refractivity contribution in [1.29, 1.82) is 0 Å². The summed E-state index contributed by atoms with van der Waals surface area (Å²) in [4.78, 5) is 14.0. The minimum atomic E-state index is -0.238. The van der Waals surface area contributed by atoms with E-state index in [9.17, 15) is 9.90 Å². The van der Waals surface area contributed by atoms with Crippen molar-refractivity contribution >= 4 is 22.2 Å². The summed E-state index contributed by atoms with van der Waals surface area (Å²) in [6.45, 7) is 2.25. The summed E-state index contributed by atoms with van der Waals surface area (Å²) in [6.07, 6.45) is 4.26. The lowest BCUT2D eigenvalue weighted by atomic mass is 9.85. The van der Waals surface area contributed by atoms with Crippen LogP contribution in [-0.2, 0) is 12.8 Å². The molecule has 0 bridgehead atoms. The van der Waals surface area contributed by atoms with Crippen molar-refractivity contribution in [3.8, 4) is 5.75 Å². The van der Waals surface area contributed by atoms with Crippen LogP contribution in [0.25, 0.3) is 0 Å². The molecule has 0 saturated heterocycles. The van der Waals surface area contributed by atoms with Gasteiger partial charge < -0.3 is 15.7 Å². The lowest BCUT2D eigenvalue weighted by molar-refractivity contribution is 0.0935. The van der Waals surface area contributed by atoms with Crippen molar-refractivity contribution in [3.63, 3.8) is 0 Å². The second-order valence-corrected chi connectivity index (χ2v) is 7.47. The van der Waals surface area contributed by atoms with Gasteiger partial charge in [-0.1, -0.05) is 25.5 Å². The molecular weight excluding hydrogens is 308 g/mol. The van der Waals surface area contributed by atoms with E-state index in [-0.39, 0.29) is 17.8 Å². The minimum Gasteiger partial charge on any atom is -0.508 e. The monoisotopic (exact) mass is 328 g/mol. The zero-order valence-electron chi connectivity index (χ0n) is 13.1. The van der Waals surface area contributed by atoms with E-state index in [2.05, 4.69) is 17.6 Å². The first-order chi connectivity index (χ1) is 11.2. The molecule has 0 radical (unpaired) electrons. The van der Waals surface area contributed by atoms with Gasteiger partial charge in [-0.2, -0.15) is 0 Å². The molecule has 2 atom stereocenters. The zero-order valence-corrected chi connectivity index (χ0v) is 13.9. The molecule has 2 heterocycles. The van der Waals surface area contributed by atoms with Gasteiger partial charge in [0.1, 0.15) is 16.9 Å². The molecule has 0 spiro atoms. The van der Waals surface area contributed by atoms with Crippen molar-refractivity contribution in [2.75, 3.05) is 5.32 Å². The first-order valence-electron chi connectivity index (χ1n) is 8.16. The number of fused-ring (bicyclic) bond motifs is 3. The van der Waals surface area contributed by atoms with Crippen LogP contribution in [0, 0.1) is 5.92 Å². The number of anilines is 1. The first-order valence-corrected chi connectivity index (χ1v) is 8.98. The quantitative estimate of drug-likeness (QED) is 0.785. The van der Waals surface area contributed by atoms with E-state index >= 15 is 0 Å². The highest BCUT2D eigenvalue weighted by molar-refractivity contribution is 7.16. The highest BCUT2D eigenvalue weighted by atomic mass is 32.1. The number of hydrogen-bond acceptors (Lipinski definition) is 4. The van der Waals surface area contributed by atoms with Gasteiger partial charge >= 0.3 is 0 Å². The third-order valence-corrected chi connectivity index (χ3v) is 6.13. The fourth-order valence-electron chi connectivity index (χ4n) is 3.55. The summed E-state index contributed by atoms with van der Waals surface area (Å²) in [6, 6.07) is 6.95. The first kappa shape index (κ1) is 14.6. The fraction of sp³-hybridized carbons (Fsp3) is 0.389. The van der Waals surface area contributed by atoms with Gasteiger partial charge in [0.15, 0.2) is 0 Å². The number of phenols is 1. The summed E-state index contributed by atoms with van der Waals surface area (Å²) in [5, 5.41) is 16.9. The summed E-state index contributed by atoms with van der Waals surface area (Å²) in [5.74, 6) is 0.997. The predicted octanol–water partition coefficient (Wildman–Crippen LogP) is 3.82. The van der Waals surface area contributed by atoms with Crippen molar-refractivity contribution < 1.29 is 9.90 Å². The van der Waals surface area contributed by atoms with E-state index < -0.39 is 0 Å². The van der Waals surface area contributed by atoms with Crippen LogP contribution in [0.3, 0.4) is 0 Å². The molecule has 0 unspecified atom stereocenters. The van der Waals surface area contributed by atoms with E-state index in [0.717, 1.165) is 34.9 Å². The molecule has 2 aromatic rings. The summed E-state index contributed by atoms with van der Waals surface area (Å²) >= 11 is 1.74. The number of nitrogens with one attached hydrogen (secondary N) is 2. The number of amides is 1. The molecule has 120 valence electrons. The van der Waals surface area contributed by atoms with Crippen molar-refractivity contribution in [3.05, 3.63) is 45.8 Å². The molecule has 3 N–H and O–H groups in total. The van der Waals surface area contributed by atoms with Crippen LogP contribution >= 0.6 is 11.3 Å². The van der Waals surface area contributed by atoms with Crippen molar-refractivity contribution in [2.45, 2.75) is 38.8 Å². The van der Waals surface area contributed by atoms with Crippen LogP contribution in [0.4, 0.5) is 5.00 Å². The van der Waals surface area contributed by atoms with Crippen molar-refractivity contribution in [2.24, 2.45) is 5.92 Å². The minimum absolute atomic E-state index is 0.0178. The van der Waals surface area contributed by atoms with Gasteiger partial charge in [-0.05, 0) is 48.4 Å². The molecule has 4 rings (SSSR count). The van der Waals surface area contributed by atoms with E-state index in [1.807, 2.05) is 12.1 Å². The van der Waals surface area contributed by atoms with Crippen LogP contribution in [0.5, 0.6) is 5.75 Å². The average molecular weight is 328 g/mol. The maximum absolute atomic E-state index is 12.6. The molecule has 0 saturated carbocycles.